The topological polar surface area (TPSA) is 89.0 Å². The second-order valence-corrected chi connectivity index (χ2v) is 8.58. The van der Waals surface area contributed by atoms with Gasteiger partial charge in [0.25, 0.3) is 0 Å². The number of allylic oxidation sites excluding steroid dienone is 1. The predicted octanol–water partition coefficient (Wildman–Crippen LogP) is 8.22. The van der Waals surface area contributed by atoms with Crippen LogP contribution in [0.4, 0.5) is 0 Å². The highest BCUT2D eigenvalue weighted by molar-refractivity contribution is 6.21. The number of hydrogen-bond acceptors (Lipinski definition) is 3. The fraction of sp³-hybridized carbons (Fsp3) is 0.0882. The molecule has 1 aromatic heterocycles. The Kier molecular flexibility index (Phi) is 10.4. The first kappa shape index (κ1) is 27.9. The van der Waals surface area contributed by atoms with Gasteiger partial charge in [-0.1, -0.05) is 127 Å². The average Bonchev–Trinajstić information content (AvgIpc) is 3.33. The van der Waals surface area contributed by atoms with Crippen molar-refractivity contribution in [3.05, 3.63) is 144 Å². The average molecular weight is 502 g/mol. The van der Waals surface area contributed by atoms with Crippen LogP contribution in [0.1, 0.15) is 29.4 Å². The van der Waals surface area contributed by atoms with Crippen LogP contribution in [0.2, 0.25) is 0 Å². The maximum Gasteiger partial charge on any atom is 0.145 e. The molecular weight excluding hydrogens is 466 g/mol. The lowest BCUT2D eigenvalue weighted by atomic mass is 10.0. The van der Waals surface area contributed by atoms with E-state index in [1.165, 1.54) is 22.3 Å². The highest BCUT2D eigenvalue weighted by Crippen LogP contribution is 2.31. The molecule has 0 amide bonds. The molecule has 0 saturated heterocycles. The Morgan fingerprint density at radius 2 is 1.37 bits per heavy atom. The van der Waals surface area contributed by atoms with Crippen molar-refractivity contribution in [3.63, 3.8) is 0 Å². The van der Waals surface area contributed by atoms with Gasteiger partial charge in [-0.3, -0.25) is 5.41 Å². The Balaban J connectivity index is 0.000000168. The molecule has 0 atom stereocenters. The fourth-order valence-corrected chi connectivity index (χ4v) is 3.87. The van der Waals surface area contributed by atoms with Crippen molar-refractivity contribution in [1.29, 1.82) is 5.41 Å². The second kappa shape index (κ2) is 14.2. The van der Waals surface area contributed by atoms with Gasteiger partial charge in [0.1, 0.15) is 17.2 Å². The summed E-state index contributed by atoms with van der Waals surface area (Å²) < 4.78 is 5.74. The van der Waals surface area contributed by atoms with Crippen LogP contribution in [0, 0.1) is 12.3 Å². The van der Waals surface area contributed by atoms with Crippen LogP contribution in [0.25, 0.3) is 33.7 Å². The number of aryl methyl sites for hydroxylation is 1. The standard InChI is InChI=1S/C14H14N2O.C13H12.C7H9N/c1-3-9-11-7-5-6-8-12(11)17-13(9)10(4-2)14(15)16;1-11-7-9-13(10-8-11)12-5-3-2-4-6-12;8-6-7-4-2-1-3-5-7/h3-8H,1H2,2H3,(H3,15,16);2-10H,1H3;1-5H,6,8H2/b10-4+;;. The number of hydrogen-bond donors (Lipinski definition) is 3. The summed E-state index contributed by atoms with van der Waals surface area (Å²) in [5, 5.41) is 8.53. The van der Waals surface area contributed by atoms with Crippen molar-refractivity contribution in [3.8, 4) is 11.1 Å². The number of nitrogens with one attached hydrogen (secondary N) is 1. The van der Waals surface area contributed by atoms with Crippen LogP contribution in [0.3, 0.4) is 0 Å². The Morgan fingerprint density at radius 1 is 0.816 bits per heavy atom. The third-order valence-electron chi connectivity index (χ3n) is 5.90. The number of fused-ring (bicyclic) bond motifs is 1. The van der Waals surface area contributed by atoms with Crippen LogP contribution >= 0.6 is 0 Å². The van der Waals surface area contributed by atoms with Gasteiger partial charge in [0.15, 0.2) is 0 Å². The molecule has 0 fully saturated rings. The van der Waals surface area contributed by atoms with Gasteiger partial charge in [-0.25, -0.2) is 0 Å². The summed E-state index contributed by atoms with van der Waals surface area (Å²) in [7, 11) is 0. The maximum atomic E-state index is 7.55. The monoisotopic (exact) mass is 501 g/mol. The van der Waals surface area contributed by atoms with Crippen LogP contribution in [0.15, 0.2) is 126 Å². The summed E-state index contributed by atoms with van der Waals surface area (Å²) in [6.45, 7) is 8.37. The normalized spacial score (nSPS) is 10.6. The summed E-state index contributed by atoms with van der Waals surface area (Å²) in [5.74, 6) is 0.603. The molecule has 5 rings (SSSR count). The quantitative estimate of drug-likeness (QED) is 0.167. The van der Waals surface area contributed by atoms with E-state index in [9.17, 15) is 0 Å². The van der Waals surface area contributed by atoms with E-state index in [0.29, 0.717) is 17.9 Å². The zero-order valence-corrected chi connectivity index (χ0v) is 22.0. The van der Waals surface area contributed by atoms with Gasteiger partial charge in [0.2, 0.25) is 0 Å². The van der Waals surface area contributed by atoms with E-state index in [-0.39, 0.29) is 5.84 Å². The van der Waals surface area contributed by atoms with E-state index in [1.807, 2.05) is 67.6 Å². The Morgan fingerprint density at radius 3 is 1.89 bits per heavy atom. The first-order valence-electron chi connectivity index (χ1n) is 12.5. The summed E-state index contributed by atoms with van der Waals surface area (Å²) >= 11 is 0. The first-order valence-corrected chi connectivity index (χ1v) is 12.5. The van der Waals surface area contributed by atoms with E-state index in [2.05, 4.69) is 62.0 Å². The van der Waals surface area contributed by atoms with Gasteiger partial charge in [-0.15, -0.1) is 0 Å². The van der Waals surface area contributed by atoms with Crippen LogP contribution in [-0.2, 0) is 6.54 Å². The van der Waals surface area contributed by atoms with Crippen molar-refractivity contribution < 1.29 is 4.42 Å². The third kappa shape index (κ3) is 7.42. The molecule has 4 aromatic carbocycles. The summed E-state index contributed by atoms with van der Waals surface area (Å²) in [5.41, 5.74) is 18.2. The molecule has 0 aliphatic carbocycles. The molecule has 5 N–H and O–H groups in total. The van der Waals surface area contributed by atoms with E-state index < -0.39 is 0 Å². The lowest BCUT2D eigenvalue weighted by Gasteiger charge is -2.02. The molecular formula is C34H35N3O. The fourth-order valence-electron chi connectivity index (χ4n) is 3.87. The van der Waals surface area contributed by atoms with Crippen LogP contribution in [-0.4, -0.2) is 5.84 Å². The largest absolute Gasteiger partial charge is 0.455 e. The highest BCUT2D eigenvalue weighted by atomic mass is 16.3. The molecule has 0 bridgehead atoms. The molecule has 5 aromatic rings. The Hall–Kier alpha value is -4.67. The predicted molar refractivity (Wildman–Crippen MR) is 163 cm³/mol. The molecule has 4 heteroatoms. The Bertz CT molecular complexity index is 1480. The molecule has 1 heterocycles. The summed E-state index contributed by atoms with van der Waals surface area (Å²) in [4.78, 5) is 0. The lowest BCUT2D eigenvalue weighted by Crippen LogP contribution is -2.11. The second-order valence-electron chi connectivity index (χ2n) is 8.58. The smallest absolute Gasteiger partial charge is 0.145 e. The number of rotatable bonds is 5. The number of benzene rings is 4. The molecule has 192 valence electrons. The highest BCUT2D eigenvalue weighted by Gasteiger charge is 2.16. The van der Waals surface area contributed by atoms with Crippen molar-refractivity contribution in [2.75, 3.05) is 0 Å². The third-order valence-corrected chi connectivity index (χ3v) is 5.90. The van der Waals surface area contributed by atoms with E-state index in [0.717, 1.165) is 16.5 Å². The molecule has 4 nitrogen and oxygen atoms in total. The maximum absolute atomic E-state index is 7.55. The molecule has 0 aliphatic rings. The molecule has 0 aliphatic heterocycles. The van der Waals surface area contributed by atoms with Crippen LogP contribution < -0.4 is 11.5 Å². The van der Waals surface area contributed by atoms with Gasteiger partial charge in [0.05, 0.1) is 5.57 Å². The van der Waals surface area contributed by atoms with E-state index in [1.54, 1.807) is 12.2 Å². The van der Waals surface area contributed by atoms with E-state index >= 15 is 0 Å². The van der Waals surface area contributed by atoms with Crippen LogP contribution in [0.5, 0.6) is 0 Å². The number of para-hydroxylation sites is 1. The number of amidine groups is 1. The zero-order valence-electron chi connectivity index (χ0n) is 22.0. The molecule has 0 radical (unpaired) electrons. The number of furan rings is 1. The minimum Gasteiger partial charge on any atom is -0.455 e. The van der Waals surface area contributed by atoms with E-state index in [4.69, 9.17) is 21.3 Å². The van der Waals surface area contributed by atoms with Crippen molar-refractivity contribution in [2.24, 2.45) is 11.5 Å². The number of nitrogens with two attached hydrogens (primary N) is 2. The lowest BCUT2D eigenvalue weighted by molar-refractivity contribution is 0.601. The summed E-state index contributed by atoms with van der Waals surface area (Å²) in [6.07, 6.45) is 3.50. The van der Waals surface area contributed by atoms with Gasteiger partial charge in [-0.05, 0) is 36.6 Å². The molecule has 0 unspecified atom stereocenters. The molecule has 38 heavy (non-hydrogen) atoms. The van der Waals surface area contributed by atoms with Crippen molar-refractivity contribution in [2.45, 2.75) is 20.4 Å². The minimum absolute atomic E-state index is 0.00495. The van der Waals surface area contributed by atoms with Gasteiger partial charge < -0.3 is 15.9 Å². The molecule has 0 spiro atoms. The molecule has 0 saturated carbocycles. The minimum atomic E-state index is -0.00495. The van der Waals surface area contributed by atoms with Crippen molar-refractivity contribution >= 4 is 28.5 Å². The van der Waals surface area contributed by atoms with Gasteiger partial charge >= 0.3 is 0 Å². The Labute approximate surface area is 225 Å². The van der Waals surface area contributed by atoms with Gasteiger partial charge in [-0.2, -0.15) is 0 Å². The van der Waals surface area contributed by atoms with Gasteiger partial charge in [0, 0.05) is 17.5 Å². The van der Waals surface area contributed by atoms with Crippen molar-refractivity contribution in [1.82, 2.24) is 0 Å². The zero-order chi connectivity index (χ0) is 27.3. The SMILES string of the molecule is C=Cc1c(/C(=C\C)C(=N)N)oc2ccccc12.Cc1ccc(-c2ccccc2)cc1.NCc1ccccc1. The summed E-state index contributed by atoms with van der Waals surface area (Å²) in [6, 6.07) is 36.7. The first-order chi connectivity index (χ1) is 18.5.